The number of nitrogens with one attached hydrogen (secondary N) is 2. The number of imidazole rings is 1. The van der Waals surface area contributed by atoms with Crippen LogP contribution >= 0.6 is 0 Å². The second-order valence-electron chi connectivity index (χ2n) is 12.3. The van der Waals surface area contributed by atoms with Crippen molar-refractivity contribution in [2.75, 3.05) is 0 Å². The number of fused-ring (bicyclic) bond motifs is 1. The number of nitrogens with zero attached hydrogens (tertiary/aromatic N) is 9. The Morgan fingerprint density at radius 1 is 0.940 bits per heavy atom. The summed E-state index contributed by atoms with van der Waals surface area (Å²) in [7, 11) is 0. The predicted molar refractivity (Wildman–Crippen MR) is 184 cm³/mol. The van der Waals surface area contributed by atoms with Crippen LogP contribution in [0.2, 0.25) is 0 Å². The summed E-state index contributed by atoms with van der Waals surface area (Å²) < 4.78 is 11.7. The fourth-order valence-electron chi connectivity index (χ4n) is 6.39. The molecule has 0 bridgehead atoms. The van der Waals surface area contributed by atoms with Crippen LogP contribution in [0.4, 0.5) is 0 Å². The van der Waals surface area contributed by atoms with Gasteiger partial charge in [-0.05, 0) is 42.5 Å². The third kappa shape index (κ3) is 6.79. The third-order valence-electron chi connectivity index (χ3n) is 8.80. The van der Waals surface area contributed by atoms with E-state index in [0.29, 0.717) is 43.2 Å². The van der Waals surface area contributed by atoms with Gasteiger partial charge in [0, 0.05) is 24.5 Å². The normalized spacial score (nSPS) is 12.9. The van der Waals surface area contributed by atoms with Crippen LogP contribution in [0.5, 0.6) is 5.75 Å². The monoisotopic (exact) mass is 665 g/mol. The second-order valence-corrected chi connectivity index (χ2v) is 12.3. The quantitative estimate of drug-likeness (QED) is 0.179. The molecule has 3 aromatic carbocycles. The zero-order valence-electron chi connectivity index (χ0n) is 27.3. The van der Waals surface area contributed by atoms with E-state index in [9.17, 15) is 4.79 Å². The summed E-state index contributed by atoms with van der Waals surface area (Å²) in [5.74, 6) is 2.00. The van der Waals surface area contributed by atoms with Crippen LogP contribution in [-0.4, -0.2) is 55.4 Å². The number of carbonyl (C=O) groups excluding carboxylic acids is 1. The van der Waals surface area contributed by atoms with Gasteiger partial charge in [-0.1, -0.05) is 78.0 Å². The molecule has 0 saturated carbocycles. The molecule has 4 aromatic heterocycles. The van der Waals surface area contributed by atoms with Gasteiger partial charge in [0.2, 0.25) is 0 Å². The number of rotatable bonds is 13. The van der Waals surface area contributed by atoms with Crippen LogP contribution in [0.3, 0.4) is 0 Å². The molecule has 13 nitrogen and oxygen atoms in total. The fourth-order valence-corrected chi connectivity index (χ4v) is 6.39. The van der Waals surface area contributed by atoms with Crippen LogP contribution in [0.1, 0.15) is 56.9 Å². The fraction of sp³-hybridized carbons (Fsp3) is 0.216. The highest BCUT2D eigenvalue weighted by molar-refractivity contribution is 5.97. The first kappa shape index (κ1) is 30.9. The summed E-state index contributed by atoms with van der Waals surface area (Å²) in [6.45, 7) is 2.08. The lowest BCUT2D eigenvalue weighted by atomic mass is 10.0. The Hall–Kier alpha value is -6.37. The van der Waals surface area contributed by atoms with Gasteiger partial charge < -0.3 is 14.6 Å². The van der Waals surface area contributed by atoms with Crippen LogP contribution in [0.25, 0.3) is 11.4 Å². The molecular formula is C37H35N11O2. The number of amides is 1. The van der Waals surface area contributed by atoms with E-state index in [-0.39, 0.29) is 5.91 Å². The largest absolute Gasteiger partial charge is 0.489 e. The first-order valence-corrected chi connectivity index (χ1v) is 16.6. The Balaban J connectivity index is 0.975. The molecule has 0 saturated heterocycles. The van der Waals surface area contributed by atoms with Gasteiger partial charge >= 0.3 is 0 Å². The SMILES string of the molecule is O=C(N[C@@H](Cc1ccc(OCc2ccccc2)cc1)c1ncn[nH]1)c1c(Cn2cc(Cn3ccnc3-c3ccccc3)nn2)nn2c1CCC2. The summed E-state index contributed by atoms with van der Waals surface area (Å²) in [5, 5.41) is 23.9. The lowest BCUT2D eigenvalue weighted by Crippen LogP contribution is -2.32. The summed E-state index contributed by atoms with van der Waals surface area (Å²) in [4.78, 5) is 23.1. The van der Waals surface area contributed by atoms with Crippen molar-refractivity contribution in [1.29, 1.82) is 0 Å². The minimum atomic E-state index is -0.446. The number of benzene rings is 3. The standard InChI is InChI=1S/C37H35N11O2/c49-37(41-31(35-39-25-40-43-35)20-26-13-15-30(16-14-26)50-24-27-8-3-1-4-9-27)34-32(44-48-18-7-12-33(34)48)23-47-22-29(42-45-47)21-46-19-17-38-36(46)28-10-5-2-6-11-28/h1-6,8-11,13-17,19,22,25,31H,7,12,18,20-21,23-24H2,(H,41,49)(H,39,40,43)/t31-/m0/s1. The molecular weight excluding hydrogens is 630 g/mol. The number of H-pyrrole nitrogens is 1. The number of carbonyl (C=O) groups is 1. The van der Waals surface area contributed by atoms with Gasteiger partial charge in [-0.2, -0.15) is 10.2 Å². The average molecular weight is 666 g/mol. The van der Waals surface area contributed by atoms with Crippen molar-refractivity contribution in [3.8, 4) is 17.1 Å². The number of hydrogen-bond acceptors (Lipinski definition) is 8. The molecule has 13 heteroatoms. The Kier molecular flexibility index (Phi) is 8.66. The van der Waals surface area contributed by atoms with Crippen molar-refractivity contribution in [2.24, 2.45) is 0 Å². The van der Waals surface area contributed by atoms with Crippen LogP contribution in [-0.2, 0) is 39.1 Å². The summed E-state index contributed by atoms with van der Waals surface area (Å²) in [6.07, 6.45) is 9.28. The number of aryl methyl sites for hydroxylation is 1. The zero-order valence-corrected chi connectivity index (χ0v) is 27.3. The highest BCUT2D eigenvalue weighted by Gasteiger charge is 2.29. The minimum absolute atomic E-state index is 0.210. The van der Waals surface area contributed by atoms with E-state index in [0.717, 1.165) is 59.0 Å². The van der Waals surface area contributed by atoms with Gasteiger partial charge in [-0.15, -0.1) is 5.10 Å². The second kappa shape index (κ2) is 14.0. The van der Waals surface area contributed by atoms with E-state index < -0.39 is 6.04 Å². The van der Waals surface area contributed by atoms with E-state index in [1.807, 2.05) is 107 Å². The van der Waals surface area contributed by atoms with E-state index >= 15 is 0 Å². The van der Waals surface area contributed by atoms with E-state index in [2.05, 4.69) is 35.8 Å². The van der Waals surface area contributed by atoms with Crippen LogP contribution < -0.4 is 10.1 Å². The Morgan fingerprint density at radius 3 is 2.56 bits per heavy atom. The Morgan fingerprint density at radius 2 is 1.76 bits per heavy atom. The predicted octanol–water partition coefficient (Wildman–Crippen LogP) is 4.79. The topological polar surface area (TPSA) is 146 Å². The molecule has 5 heterocycles. The maximum atomic E-state index is 14.1. The zero-order chi connectivity index (χ0) is 33.7. The number of aromatic amines is 1. The maximum absolute atomic E-state index is 14.1. The van der Waals surface area contributed by atoms with Crippen molar-refractivity contribution >= 4 is 5.91 Å². The van der Waals surface area contributed by atoms with E-state index in [4.69, 9.17) is 9.84 Å². The van der Waals surface area contributed by atoms with Crippen LogP contribution in [0.15, 0.2) is 110 Å². The molecule has 2 N–H and O–H groups in total. The lowest BCUT2D eigenvalue weighted by Gasteiger charge is -2.17. The Labute approximate surface area is 288 Å². The van der Waals surface area contributed by atoms with Crippen molar-refractivity contribution in [3.05, 3.63) is 149 Å². The van der Waals surface area contributed by atoms with Gasteiger partial charge in [-0.25, -0.2) is 14.6 Å². The smallest absolute Gasteiger partial charge is 0.255 e. The van der Waals surface area contributed by atoms with E-state index in [1.165, 1.54) is 6.33 Å². The maximum Gasteiger partial charge on any atom is 0.255 e. The number of hydrogen-bond donors (Lipinski definition) is 2. The summed E-state index contributed by atoms with van der Waals surface area (Å²) >= 11 is 0. The van der Waals surface area contributed by atoms with Crippen molar-refractivity contribution in [2.45, 2.75) is 51.5 Å². The van der Waals surface area contributed by atoms with Gasteiger partial charge in [-0.3, -0.25) is 14.6 Å². The molecule has 0 spiro atoms. The molecule has 1 aliphatic heterocycles. The summed E-state index contributed by atoms with van der Waals surface area (Å²) in [5.41, 5.74) is 6.09. The molecule has 1 aliphatic rings. The van der Waals surface area contributed by atoms with Crippen molar-refractivity contribution in [1.82, 2.24) is 54.8 Å². The molecule has 50 heavy (non-hydrogen) atoms. The molecule has 0 aliphatic carbocycles. The Bertz CT molecular complexity index is 2170. The van der Waals surface area contributed by atoms with E-state index in [1.54, 1.807) is 10.9 Å². The molecule has 0 unspecified atom stereocenters. The molecule has 250 valence electrons. The summed E-state index contributed by atoms with van der Waals surface area (Å²) in [6, 6.07) is 27.6. The molecule has 0 radical (unpaired) electrons. The van der Waals surface area contributed by atoms with Crippen LogP contribution in [0, 0.1) is 0 Å². The van der Waals surface area contributed by atoms with Gasteiger partial charge in [0.25, 0.3) is 5.91 Å². The highest BCUT2D eigenvalue weighted by Crippen LogP contribution is 2.26. The number of aromatic nitrogens is 10. The molecule has 0 fully saturated rings. The molecule has 1 amide bonds. The molecule has 7 aromatic rings. The van der Waals surface area contributed by atoms with Gasteiger partial charge in [0.15, 0.2) is 0 Å². The van der Waals surface area contributed by atoms with Crippen molar-refractivity contribution < 1.29 is 9.53 Å². The van der Waals surface area contributed by atoms with Gasteiger partial charge in [0.1, 0.15) is 36.0 Å². The average Bonchev–Trinajstić information content (AvgIpc) is 4.00. The number of ether oxygens (including phenoxy) is 1. The first-order chi connectivity index (χ1) is 24.7. The van der Waals surface area contributed by atoms with Crippen molar-refractivity contribution in [3.63, 3.8) is 0 Å². The van der Waals surface area contributed by atoms with Gasteiger partial charge in [0.05, 0.1) is 42.3 Å². The highest BCUT2D eigenvalue weighted by atomic mass is 16.5. The molecule has 1 atom stereocenters. The third-order valence-corrected chi connectivity index (χ3v) is 8.80. The lowest BCUT2D eigenvalue weighted by molar-refractivity contribution is 0.0932. The molecule has 8 rings (SSSR count). The first-order valence-electron chi connectivity index (χ1n) is 16.6. The minimum Gasteiger partial charge on any atom is -0.489 e.